The maximum absolute atomic E-state index is 13.6. The zero-order valence-electron chi connectivity index (χ0n) is 19.8. The van der Waals surface area contributed by atoms with Crippen LogP contribution in [-0.4, -0.2) is 37.5 Å². The second-order valence-electron chi connectivity index (χ2n) is 8.93. The van der Waals surface area contributed by atoms with Gasteiger partial charge in [-0.15, -0.1) is 0 Å². The smallest absolute Gasteiger partial charge is 0.296 e. The first-order valence-corrected chi connectivity index (χ1v) is 13.7. The summed E-state index contributed by atoms with van der Waals surface area (Å²) in [5, 5.41) is 2.95. The van der Waals surface area contributed by atoms with Gasteiger partial charge in [0.1, 0.15) is 9.80 Å². The molecule has 0 fully saturated rings. The average molecular weight is 533 g/mol. The van der Waals surface area contributed by atoms with Crippen LogP contribution in [0.25, 0.3) is 0 Å². The van der Waals surface area contributed by atoms with Gasteiger partial charge in [0.2, 0.25) is 0 Å². The quantitative estimate of drug-likeness (QED) is 0.427. The van der Waals surface area contributed by atoms with Crippen molar-refractivity contribution in [1.82, 2.24) is 0 Å². The van der Waals surface area contributed by atoms with Crippen molar-refractivity contribution in [3.05, 3.63) is 80.0 Å². The number of carbonyl (C=O) groups excluding carboxylic acids is 2. The van der Waals surface area contributed by atoms with Crippen molar-refractivity contribution >= 4 is 37.5 Å². The first-order valence-electron chi connectivity index (χ1n) is 10.8. The lowest BCUT2D eigenvalue weighted by Crippen LogP contribution is -2.44. The van der Waals surface area contributed by atoms with Crippen LogP contribution in [0.1, 0.15) is 43.0 Å². The highest BCUT2D eigenvalue weighted by molar-refractivity contribution is 7.90. The van der Waals surface area contributed by atoms with Gasteiger partial charge in [-0.1, -0.05) is 24.3 Å². The molecule has 10 nitrogen and oxygen atoms in total. The SMILES string of the molecule is Cc1c(C)c(NC2=CC(S(=O)(=O)O)=C(N)C3C(=O)c4ccccc4C(=O)C23)c(C)c(S(=O)(=O)O)c1C. The fraction of sp³-hybridized carbons (Fsp3) is 0.250. The van der Waals surface area contributed by atoms with Crippen LogP contribution >= 0.6 is 0 Å². The molecule has 0 spiro atoms. The Morgan fingerprint density at radius 1 is 0.778 bits per heavy atom. The van der Waals surface area contributed by atoms with Gasteiger partial charge in [0.05, 0.1) is 11.8 Å². The Bertz CT molecular complexity index is 1650. The molecule has 0 aliphatic heterocycles. The van der Waals surface area contributed by atoms with E-state index in [1.807, 2.05) is 0 Å². The molecule has 36 heavy (non-hydrogen) atoms. The minimum atomic E-state index is -4.90. The van der Waals surface area contributed by atoms with E-state index in [-0.39, 0.29) is 33.0 Å². The van der Waals surface area contributed by atoms with E-state index in [9.17, 15) is 35.5 Å². The number of benzene rings is 2. The van der Waals surface area contributed by atoms with Crippen molar-refractivity contribution in [2.24, 2.45) is 17.6 Å². The maximum atomic E-state index is 13.6. The van der Waals surface area contributed by atoms with Crippen molar-refractivity contribution in [2.45, 2.75) is 32.6 Å². The van der Waals surface area contributed by atoms with Crippen LogP contribution in [0.5, 0.6) is 0 Å². The van der Waals surface area contributed by atoms with Gasteiger partial charge in [0, 0.05) is 28.2 Å². The molecule has 2 aliphatic rings. The summed E-state index contributed by atoms with van der Waals surface area (Å²) in [6, 6.07) is 6.06. The number of hydrogen-bond acceptors (Lipinski definition) is 8. The Morgan fingerprint density at radius 3 is 1.81 bits per heavy atom. The number of anilines is 1. The number of rotatable bonds is 4. The Morgan fingerprint density at radius 2 is 1.31 bits per heavy atom. The molecule has 2 aliphatic carbocycles. The van der Waals surface area contributed by atoms with Gasteiger partial charge in [-0.25, -0.2) is 0 Å². The number of nitrogens with two attached hydrogens (primary N) is 1. The molecule has 0 saturated carbocycles. The van der Waals surface area contributed by atoms with E-state index >= 15 is 0 Å². The highest BCUT2D eigenvalue weighted by Crippen LogP contribution is 2.44. The minimum absolute atomic E-state index is 0.0644. The first kappa shape index (κ1) is 25.8. The predicted molar refractivity (Wildman–Crippen MR) is 132 cm³/mol. The normalized spacial score (nSPS) is 20.1. The van der Waals surface area contributed by atoms with Crippen molar-refractivity contribution in [3.8, 4) is 0 Å². The number of carbonyl (C=O) groups is 2. The molecule has 0 aromatic heterocycles. The van der Waals surface area contributed by atoms with Crippen LogP contribution in [0, 0.1) is 39.5 Å². The molecule has 0 radical (unpaired) electrons. The lowest BCUT2D eigenvalue weighted by Gasteiger charge is -2.36. The van der Waals surface area contributed by atoms with Gasteiger partial charge in [-0.05, 0) is 56.0 Å². The average Bonchev–Trinajstić information content (AvgIpc) is 2.77. The number of ketones is 2. The zero-order valence-corrected chi connectivity index (χ0v) is 21.4. The number of fused-ring (bicyclic) bond motifs is 2. The van der Waals surface area contributed by atoms with E-state index in [1.165, 1.54) is 26.0 Å². The van der Waals surface area contributed by atoms with E-state index < -0.39 is 54.2 Å². The summed E-state index contributed by atoms with van der Waals surface area (Å²) in [6.07, 6.45) is 0.978. The number of nitrogens with one attached hydrogen (secondary N) is 1. The molecule has 0 bridgehead atoms. The minimum Gasteiger partial charge on any atom is -0.400 e. The largest absolute Gasteiger partial charge is 0.400 e. The van der Waals surface area contributed by atoms with Crippen molar-refractivity contribution in [3.63, 3.8) is 0 Å². The second-order valence-corrected chi connectivity index (χ2v) is 11.7. The van der Waals surface area contributed by atoms with Crippen LogP contribution in [0.15, 0.2) is 51.5 Å². The molecular weight excluding hydrogens is 508 g/mol. The van der Waals surface area contributed by atoms with Gasteiger partial charge in [0.15, 0.2) is 11.6 Å². The fourth-order valence-electron chi connectivity index (χ4n) is 5.03. The Hall–Kier alpha value is -3.32. The third kappa shape index (κ3) is 3.86. The lowest BCUT2D eigenvalue weighted by atomic mass is 9.69. The van der Waals surface area contributed by atoms with Crippen molar-refractivity contribution < 1.29 is 35.5 Å². The van der Waals surface area contributed by atoms with Crippen LogP contribution < -0.4 is 11.1 Å². The van der Waals surface area contributed by atoms with Gasteiger partial charge in [-0.3, -0.25) is 18.7 Å². The molecule has 12 heteroatoms. The number of hydrogen-bond donors (Lipinski definition) is 4. The highest BCUT2D eigenvalue weighted by atomic mass is 32.2. The fourth-order valence-corrected chi connectivity index (χ4v) is 6.76. The Kier molecular flexibility index (Phi) is 5.99. The lowest BCUT2D eigenvalue weighted by molar-refractivity contribution is 0.0785. The van der Waals surface area contributed by atoms with Gasteiger partial charge < -0.3 is 11.1 Å². The highest BCUT2D eigenvalue weighted by Gasteiger charge is 2.48. The molecule has 190 valence electrons. The molecular formula is C24H24N2O8S2. The van der Waals surface area contributed by atoms with Gasteiger partial charge in [-0.2, -0.15) is 16.8 Å². The number of Topliss-reactive ketones (excluding diaryl/α,β-unsaturated/α-hetero) is 2. The van der Waals surface area contributed by atoms with E-state index in [0.29, 0.717) is 16.7 Å². The molecule has 5 N–H and O–H groups in total. The van der Waals surface area contributed by atoms with Gasteiger partial charge in [0.25, 0.3) is 20.2 Å². The van der Waals surface area contributed by atoms with Crippen molar-refractivity contribution in [2.75, 3.05) is 5.32 Å². The van der Waals surface area contributed by atoms with E-state index in [1.54, 1.807) is 26.0 Å². The molecule has 0 amide bonds. The predicted octanol–water partition coefficient (Wildman–Crippen LogP) is 2.85. The van der Waals surface area contributed by atoms with E-state index in [2.05, 4.69) is 5.32 Å². The molecule has 2 aromatic carbocycles. The zero-order chi connectivity index (χ0) is 26.9. The Balaban J connectivity index is 2.01. The monoisotopic (exact) mass is 532 g/mol. The number of allylic oxidation sites excluding steroid dienone is 3. The Labute approximate surface area is 208 Å². The summed E-state index contributed by atoms with van der Waals surface area (Å²) < 4.78 is 68.3. The van der Waals surface area contributed by atoms with E-state index in [4.69, 9.17) is 5.73 Å². The molecule has 0 heterocycles. The third-order valence-electron chi connectivity index (χ3n) is 6.96. The van der Waals surface area contributed by atoms with Crippen LogP contribution in [0.4, 0.5) is 5.69 Å². The summed E-state index contributed by atoms with van der Waals surface area (Å²) in [5.41, 5.74) is 7.49. The van der Waals surface area contributed by atoms with Crippen LogP contribution in [0.3, 0.4) is 0 Å². The van der Waals surface area contributed by atoms with Gasteiger partial charge >= 0.3 is 0 Å². The summed E-state index contributed by atoms with van der Waals surface area (Å²) in [6.45, 7) is 6.32. The standard InChI is InChI=1S/C24H24N2O8S2/c1-10-11(2)21(13(4)24(12(10)3)36(32,33)34)26-16-9-17(35(29,30)31)20(25)19-18(16)22(27)14-7-5-6-8-15(14)23(19)28/h5-9,18-19,26H,25H2,1-4H3,(H,29,30,31)(H,32,33,34). The molecule has 4 rings (SSSR count). The maximum Gasteiger partial charge on any atom is 0.296 e. The van der Waals surface area contributed by atoms with E-state index in [0.717, 1.165) is 6.08 Å². The summed E-state index contributed by atoms with van der Waals surface area (Å²) >= 11 is 0. The topological polar surface area (TPSA) is 181 Å². The first-order chi connectivity index (χ1) is 16.6. The molecule has 0 saturated heterocycles. The third-order valence-corrected chi connectivity index (χ3v) is 9.00. The molecule has 2 atom stereocenters. The van der Waals surface area contributed by atoms with Crippen LogP contribution in [0.2, 0.25) is 0 Å². The summed E-state index contributed by atoms with van der Waals surface area (Å²) in [5.74, 6) is -3.76. The molecule has 2 aromatic rings. The van der Waals surface area contributed by atoms with Crippen LogP contribution in [-0.2, 0) is 20.2 Å². The summed E-state index contributed by atoms with van der Waals surface area (Å²) in [4.78, 5) is 25.9. The summed E-state index contributed by atoms with van der Waals surface area (Å²) in [7, 11) is -9.53. The molecule has 2 unspecified atom stereocenters. The van der Waals surface area contributed by atoms with Crippen molar-refractivity contribution in [1.29, 1.82) is 0 Å². The second kappa shape index (κ2) is 8.37.